The van der Waals surface area contributed by atoms with Gasteiger partial charge in [0.25, 0.3) is 11.5 Å². The number of nitrogens with zero attached hydrogens (tertiary/aromatic N) is 2. The van der Waals surface area contributed by atoms with Crippen LogP contribution >= 0.6 is 12.2 Å². The second-order valence-electron chi connectivity index (χ2n) is 6.90. The van der Waals surface area contributed by atoms with E-state index in [1.165, 1.54) is 4.57 Å². The summed E-state index contributed by atoms with van der Waals surface area (Å²) in [5, 5.41) is 0.498. The monoisotopic (exact) mass is 439 g/mol. The van der Waals surface area contributed by atoms with Crippen molar-refractivity contribution in [1.82, 2.24) is 20.4 Å². The van der Waals surface area contributed by atoms with E-state index in [2.05, 4.69) is 34.6 Å². The molecule has 0 saturated heterocycles. The lowest BCUT2D eigenvalue weighted by Crippen LogP contribution is -2.42. The van der Waals surface area contributed by atoms with Crippen LogP contribution in [0.2, 0.25) is 0 Å². The third-order valence-corrected chi connectivity index (χ3v) is 5.35. The Morgan fingerprint density at radius 2 is 1.71 bits per heavy atom. The van der Waals surface area contributed by atoms with Gasteiger partial charge in [-0.25, -0.2) is 0 Å². The van der Waals surface area contributed by atoms with Gasteiger partial charge < -0.3 is 9.88 Å². The summed E-state index contributed by atoms with van der Waals surface area (Å²) in [7, 11) is 0. The molecule has 0 spiro atoms. The highest BCUT2D eigenvalue weighted by Gasteiger charge is 2.11. The summed E-state index contributed by atoms with van der Waals surface area (Å²) in [5.41, 5.74) is 6.63. The number of hydrazine groups is 1. The topological polar surface area (TPSA) is 99.2 Å². The second-order valence-corrected chi connectivity index (χ2v) is 7.29. The zero-order valence-corrected chi connectivity index (χ0v) is 18.3. The number of para-hydroxylation sites is 1. The van der Waals surface area contributed by atoms with Gasteiger partial charge in [-0.05, 0) is 62.5 Å². The molecule has 0 radical (unpaired) electrons. The number of carbonyl (C=O) groups excluding carboxylic acids is 2. The highest BCUT2D eigenvalue weighted by molar-refractivity contribution is 7.71. The van der Waals surface area contributed by atoms with Crippen LogP contribution < -0.4 is 21.3 Å². The van der Waals surface area contributed by atoms with Crippen LogP contribution in [0.15, 0.2) is 53.3 Å². The summed E-state index contributed by atoms with van der Waals surface area (Å²) in [4.78, 5) is 42.2. The number of rotatable bonds is 7. The van der Waals surface area contributed by atoms with Gasteiger partial charge in [0.15, 0.2) is 4.77 Å². The number of fused-ring (bicyclic) bond motifs is 1. The maximum Gasteiger partial charge on any atom is 0.269 e. The van der Waals surface area contributed by atoms with Crippen molar-refractivity contribution in [3.05, 3.63) is 69.2 Å². The first-order valence-corrected chi connectivity index (χ1v) is 10.5. The molecule has 0 atom stereocenters. The number of hydrogen-bond acceptors (Lipinski definition) is 5. The van der Waals surface area contributed by atoms with E-state index in [1.807, 2.05) is 18.2 Å². The van der Waals surface area contributed by atoms with E-state index in [1.54, 1.807) is 30.3 Å². The fourth-order valence-corrected chi connectivity index (χ4v) is 3.57. The van der Waals surface area contributed by atoms with Crippen molar-refractivity contribution in [3.63, 3.8) is 0 Å². The van der Waals surface area contributed by atoms with Crippen LogP contribution in [0.3, 0.4) is 0 Å². The molecule has 2 aromatic carbocycles. The zero-order chi connectivity index (χ0) is 22.4. The molecule has 0 fully saturated rings. The summed E-state index contributed by atoms with van der Waals surface area (Å²) >= 11 is 5.24. The van der Waals surface area contributed by atoms with Crippen LogP contribution in [0.4, 0.5) is 5.69 Å². The molecule has 1 heterocycles. The molecule has 8 nitrogen and oxygen atoms in total. The van der Waals surface area contributed by atoms with Gasteiger partial charge in [0.2, 0.25) is 5.91 Å². The predicted octanol–water partition coefficient (Wildman–Crippen LogP) is 2.76. The van der Waals surface area contributed by atoms with Crippen molar-refractivity contribution in [3.8, 4) is 0 Å². The standard InChI is InChI=1S/C22H25N5O3S/c1-3-26(4-2)16-11-9-15(10-12-16)20(29)25-24-19(28)13-14-27-21(30)17-7-5-6-8-18(17)23-22(27)31/h5-12H,3-4,13-14H2,1-2H3,(H,23,31)(H,24,28)(H,25,29). The smallest absolute Gasteiger partial charge is 0.269 e. The van der Waals surface area contributed by atoms with Gasteiger partial charge in [0, 0.05) is 37.3 Å². The molecule has 0 aliphatic carbocycles. The van der Waals surface area contributed by atoms with E-state index in [9.17, 15) is 14.4 Å². The molecule has 3 aromatic rings. The SMILES string of the molecule is CCN(CC)c1ccc(C(=O)NNC(=O)CCn2c(=S)[nH]c3ccccc3c2=O)cc1. The molecular weight excluding hydrogens is 414 g/mol. The first kappa shape index (κ1) is 22.2. The molecule has 31 heavy (non-hydrogen) atoms. The van der Waals surface area contributed by atoms with E-state index in [0.717, 1.165) is 18.8 Å². The Hall–Kier alpha value is -3.46. The summed E-state index contributed by atoms with van der Waals surface area (Å²) in [6.07, 6.45) is -0.0170. The van der Waals surface area contributed by atoms with Gasteiger partial charge in [-0.15, -0.1) is 0 Å². The van der Waals surface area contributed by atoms with Gasteiger partial charge >= 0.3 is 0 Å². The fraction of sp³-hybridized carbons (Fsp3) is 0.273. The number of H-pyrrole nitrogens is 1. The molecule has 0 aliphatic heterocycles. The third kappa shape index (κ3) is 5.18. The average Bonchev–Trinajstić information content (AvgIpc) is 2.78. The summed E-state index contributed by atoms with van der Waals surface area (Å²) in [6.45, 7) is 5.99. The lowest BCUT2D eigenvalue weighted by Gasteiger charge is -2.21. The van der Waals surface area contributed by atoms with E-state index in [4.69, 9.17) is 12.2 Å². The first-order chi connectivity index (χ1) is 14.9. The number of aromatic nitrogens is 2. The number of aromatic amines is 1. The van der Waals surface area contributed by atoms with E-state index >= 15 is 0 Å². The Bertz CT molecular complexity index is 1200. The molecule has 2 amide bonds. The number of nitrogens with one attached hydrogen (secondary N) is 3. The molecular formula is C22H25N5O3S. The van der Waals surface area contributed by atoms with E-state index < -0.39 is 11.8 Å². The molecule has 0 unspecified atom stereocenters. The lowest BCUT2D eigenvalue weighted by molar-refractivity contribution is -0.122. The average molecular weight is 440 g/mol. The number of carbonyl (C=O) groups is 2. The predicted molar refractivity (Wildman–Crippen MR) is 124 cm³/mol. The summed E-state index contributed by atoms with van der Waals surface area (Å²) in [5.74, 6) is -0.845. The zero-order valence-electron chi connectivity index (χ0n) is 17.5. The van der Waals surface area contributed by atoms with Crippen LogP contribution in [0, 0.1) is 4.77 Å². The molecule has 0 saturated carbocycles. The van der Waals surface area contributed by atoms with Crippen molar-refractivity contribution in [2.75, 3.05) is 18.0 Å². The van der Waals surface area contributed by atoms with Crippen molar-refractivity contribution in [2.24, 2.45) is 0 Å². The minimum absolute atomic E-state index is 0.0170. The third-order valence-electron chi connectivity index (χ3n) is 5.03. The molecule has 0 bridgehead atoms. The summed E-state index contributed by atoms with van der Waals surface area (Å²) in [6, 6.07) is 14.2. The van der Waals surface area contributed by atoms with Crippen LogP contribution in [-0.4, -0.2) is 34.5 Å². The van der Waals surface area contributed by atoms with Crippen molar-refractivity contribution >= 4 is 40.6 Å². The maximum absolute atomic E-state index is 12.6. The van der Waals surface area contributed by atoms with E-state index in [-0.39, 0.29) is 23.3 Å². The van der Waals surface area contributed by atoms with E-state index in [0.29, 0.717) is 16.5 Å². The minimum atomic E-state index is -0.428. The normalized spacial score (nSPS) is 10.6. The summed E-state index contributed by atoms with van der Waals surface area (Å²) < 4.78 is 1.58. The number of benzene rings is 2. The maximum atomic E-state index is 12.6. The van der Waals surface area contributed by atoms with Gasteiger partial charge in [-0.1, -0.05) is 12.1 Å². The second kappa shape index (κ2) is 10.0. The lowest BCUT2D eigenvalue weighted by atomic mass is 10.2. The number of hydrogen-bond donors (Lipinski definition) is 3. The van der Waals surface area contributed by atoms with Gasteiger partial charge in [0.05, 0.1) is 10.9 Å². The molecule has 162 valence electrons. The van der Waals surface area contributed by atoms with Crippen LogP contribution in [0.1, 0.15) is 30.6 Å². The molecule has 9 heteroatoms. The Morgan fingerprint density at radius 3 is 2.39 bits per heavy atom. The Morgan fingerprint density at radius 1 is 1.03 bits per heavy atom. The largest absolute Gasteiger partial charge is 0.372 e. The highest BCUT2D eigenvalue weighted by atomic mass is 32.1. The van der Waals surface area contributed by atoms with Gasteiger partial charge in [0.1, 0.15) is 0 Å². The molecule has 3 rings (SSSR count). The highest BCUT2D eigenvalue weighted by Crippen LogP contribution is 2.14. The van der Waals surface area contributed by atoms with Crippen molar-refractivity contribution in [1.29, 1.82) is 0 Å². The number of anilines is 1. The van der Waals surface area contributed by atoms with Crippen molar-refractivity contribution in [2.45, 2.75) is 26.8 Å². The van der Waals surface area contributed by atoms with Crippen LogP contribution in [0.5, 0.6) is 0 Å². The Balaban J connectivity index is 1.57. The van der Waals surface area contributed by atoms with Crippen molar-refractivity contribution < 1.29 is 9.59 Å². The van der Waals surface area contributed by atoms with Crippen LogP contribution in [0.25, 0.3) is 10.9 Å². The van der Waals surface area contributed by atoms with Gasteiger partial charge in [-0.3, -0.25) is 29.8 Å². The Kier molecular flexibility index (Phi) is 7.19. The number of amides is 2. The molecule has 3 N–H and O–H groups in total. The molecule has 1 aromatic heterocycles. The van der Waals surface area contributed by atoms with Crippen LogP contribution in [-0.2, 0) is 11.3 Å². The minimum Gasteiger partial charge on any atom is -0.372 e. The first-order valence-electron chi connectivity index (χ1n) is 10.1. The molecule has 0 aliphatic rings. The van der Waals surface area contributed by atoms with Gasteiger partial charge in [-0.2, -0.15) is 0 Å². The fourth-order valence-electron chi connectivity index (χ4n) is 3.29. The quantitative estimate of drug-likeness (QED) is 0.388. The Labute approximate surface area is 184 Å².